The van der Waals surface area contributed by atoms with Crippen LogP contribution in [0.25, 0.3) is 0 Å². The first-order valence-corrected chi connectivity index (χ1v) is 12.1. The highest BCUT2D eigenvalue weighted by Gasteiger charge is 2.27. The highest BCUT2D eigenvalue weighted by molar-refractivity contribution is 5.71. The third-order valence-corrected chi connectivity index (χ3v) is 6.62. The van der Waals surface area contributed by atoms with Crippen LogP contribution >= 0.6 is 0 Å². The number of benzene rings is 2. The highest BCUT2D eigenvalue weighted by atomic mass is 16.5. The molecule has 0 amide bonds. The molecule has 0 bridgehead atoms. The molecule has 0 radical (unpaired) electrons. The Labute approximate surface area is 215 Å². The van der Waals surface area contributed by atoms with E-state index in [9.17, 15) is 14.7 Å². The van der Waals surface area contributed by atoms with Gasteiger partial charge in [-0.15, -0.1) is 0 Å². The van der Waals surface area contributed by atoms with Crippen LogP contribution < -0.4 is 19.8 Å². The molecule has 0 aliphatic carbocycles. The monoisotopic (exact) mass is 508 g/mol. The zero-order valence-corrected chi connectivity index (χ0v) is 21.3. The number of methoxy groups -OCH3 is 3. The average Bonchev–Trinajstić information content (AvgIpc) is 2.94. The zero-order chi connectivity index (χ0) is 26.4. The van der Waals surface area contributed by atoms with Crippen LogP contribution in [0.5, 0.6) is 17.2 Å². The second kappa shape index (κ2) is 11.8. The van der Waals surface area contributed by atoms with Gasteiger partial charge in [0.1, 0.15) is 17.3 Å². The van der Waals surface area contributed by atoms with Crippen molar-refractivity contribution in [3.63, 3.8) is 0 Å². The van der Waals surface area contributed by atoms with Gasteiger partial charge in [0.05, 0.1) is 40.2 Å². The van der Waals surface area contributed by atoms with Crippen molar-refractivity contribution in [1.82, 2.24) is 4.90 Å². The number of hydrogen-bond acceptors (Lipinski definition) is 9. The molecule has 1 fully saturated rings. The normalized spacial score (nSPS) is 14.7. The molecule has 9 nitrogen and oxygen atoms in total. The van der Waals surface area contributed by atoms with Gasteiger partial charge < -0.3 is 28.6 Å². The Balaban J connectivity index is 1.52. The molecule has 4 rings (SSSR count). The number of nitrogens with zero attached hydrogens (tertiary/aromatic N) is 2. The molecule has 1 aliphatic heterocycles. The van der Waals surface area contributed by atoms with Crippen LogP contribution in [0.4, 0.5) is 5.69 Å². The van der Waals surface area contributed by atoms with E-state index in [0.717, 1.165) is 37.6 Å². The predicted molar refractivity (Wildman–Crippen MR) is 139 cm³/mol. The van der Waals surface area contributed by atoms with Crippen molar-refractivity contribution >= 4 is 11.7 Å². The van der Waals surface area contributed by atoms with Gasteiger partial charge in [0.2, 0.25) is 11.2 Å². The molecule has 37 heavy (non-hydrogen) atoms. The van der Waals surface area contributed by atoms with Crippen molar-refractivity contribution in [3.8, 4) is 17.2 Å². The molecule has 0 unspecified atom stereocenters. The number of esters is 1. The molecule has 2 aromatic carbocycles. The Kier molecular flexibility index (Phi) is 8.35. The molecule has 1 atom stereocenters. The summed E-state index contributed by atoms with van der Waals surface area (Å²) in [4.78, 5) is 29.4. The first-order valence-electron chi connectivity index (χ1n) is 12.1. The maximum Gasteiger partial charge on any atom is 0.306 e. The SMILES string of the molecule is COC(=O)C[C@@H](c1ccc(OC)cc1)c1oc(CN2CCN(c3ccc(OC)cc3)CC2)cc(=O)c1O. The van der Waals surface area contributed by atoms with Gasteiger partial charge in [-0.25, -0.2) is 0 Å². The number of rotatable bonds is 9. The van der Waals surface area contributed by atoms with Crippen LogP contribution in [0.2, 0.25) is 0 Å². The van der Waals surface area contributed by atoms with E-state index in [1.807, 2.05) is 24.3 Å². The lowest BCUT2D eigenvalue weighted by Crippen LogP contribution is -2.46. The van der Waals surface area contributed by atoms with Crippen LogP contribution in [-0.4, -0.2) is 63.5 Å². The molecule has 1 aromatic heterocycles. The van der Waals surface area contributed by atoms with Crippen molar-refractivity contribution in [3.05, 3.63) is 81.9 Å². The molecule has 1 saturated heterocycles. The minimum Gasteiger partial charge on any atom is -0.502 e. The summed E-state index contributed by atoms with van der Waals surface area (Å²) in [6.07, 6.45) is -0.0939. The molecule has 196 valence electrons. The van der Waals surface area contributed by atoms with E-state index in [1.165, 1.54) is 13.2 Å². The average molecular weight is 509 g/mol. The lowest BCUT2D eigenvalue weighted by atomic mass is 9.92. The fraction of sp³-hybridized carbons (Fsp3) is 0.357. The molecule has 1 aliphatic rings. The number of carbonyl (C=O) groups excluding carboxylic acids is 1. The van der Waals surface area contributed by atoms with Gasteiger partial charge in [0.25, 0.3) is 0 Å². The van der Waals surface area contributed by atoms with Gasteiger partial charge in [0.15, 0.2) is 5.76 Å². The summed E-state index contributed by atoms with van der Waals surface area (Å²) in [6, 6.07) is 16.3. The molecular weight excluding hydrogens is 476 g/mol. The summed E-state index contributed by atoms with van der Waals surface area (Å²) >= 11 is 0. The third kappa shape index (κ3) is 6.24. The van der Waals surface area contributed by atoms with Gasteiger partial charge in [-0.2, -0.15) is 0 Å². The van der Waals surface area contributed by atoms with Crippen LogP contribution in [0.15, 0.2) is 63.8 Å². The van der Waals surface area contributed by atoms with Crippen molar-refractivity contribution in [2.45, 2.75) is 18.9 Å². The van der Waals surface area contributed by atoms with E-state index in [-0.39, 0.29) is 12.2 Å². The minimum atomic E-state index is -0.696. The van der Waals surface area contributed by atoms with Crippen LogP contribution in [0, 0.1) is 0 Å². The van der Waals surface area contributed by atoms with Crippen LogP contribution in [0.3, 0.4) is 0 Å². The van der Waals surface area contributed by atoms with E-state index >= 15 is 0 Å². The lowest BCUT2D eigenvalue weighted by Gasteiger charge is -2.36. The zero-order valence-electron chi connectivity index (χ0n) is 21.3. The van der Waals surface area contributed by atoms with Gasteiger partial charge in [0, 0.05) is 37.9 Å². The Morgan fingerprint density at radius 2 is 1.54 bits per heavy atom. The van der Waals surface area contributed by atoms with E-state index < -0.39 is 23.1 Å². The third-order valence-electron chi connectivity index (χ3n) is 6.62. The Hall–Kier alpha value is -3.98. The number of carbonyl (C=O) groups is 1. The van der Waals surface area contributed by atoms with Gasteiger partial charge in [-0.05, 0) is 42.0 Å². The summed E-state index contributed by atoms with van der Waals surface area (Å²) in [7, 11) is 4.51. The number of hydrogen-bond donors (Lipinski definition) is 1. The molecule has 0 spiro atoms. The number of anilines is 1. The standard InChI is InChI=1S/C28H32N2O7/c1-34-21-8-4-19(5-9-21)24(17-26(32)36-3)28-27(33)25(31)16-23(37-28)18-29-12-14-30(15-13-29)20-6-10-22(35-2)11-7-20/h4-11,16,24,33H,12-15,17-18H2,1-3H3/t24-/m0/s1. The van der Waals surface area contributed by atoms with E-state index in [0.29, 0.717) is 23.6 Å². The number of aromatic hydroxyl groups is 1. The van der Waals surface area contributed by atoms with E-state index in [4.69, 9.17) is 18.6 Å². The first kappa shape index (κ1) is 26.1. The molecule has 1 N–H and O–H groups in total. The van der Waals surface area contributed by atoms with Crippen LogP contribution in [-0.2, 0) is 16.1 Å². The second-order valence-electron chi connectivity index (χ2n) is 8.86. The topological polar surface area (TPSA) is 102 Å². The first-order chi connectivity index (χ1) is 17.9. The quantitative estimate of drug-likeness (QED) is 0.436. The van der Waals surface area contributed by atoms with E-state index in [2.05, 4.69) is 9.80 Å². The summed E-state index contributed by atoms with van der Waals surface area (Å²) < 4.78 is 21.4. The van der Waals surface area contributed by atoms with Crippen LogP contribution in [0.1, 0.15) is 29.4 Å². The fourth-order valence-corrected chi connectivity index (χ4v) is 4.49. The van der Waals surface area contributed by atoms with Crippen molar-refractivity contribution in [1.29, 1.82) is 0 Å². The Morgan fingerprint density at radius 3 is 2.11 bits per heavy atom. The van der Waals surface area contributed by atoms with Gasteiger partial charge >= 0.3 is 5.97 Å². The molecule has 0 saturated carbocycles. The Morgan fingerprint density at radius 1 is 0.946 bits per heavy atom. The molecule has 9 heteroatoms. The predicted octanol–water partition coefficient (Wildman–Crippen LogP) is 3.38. The summed E-state index contributed by atoms with van der Waals surface area (Å²) in [5.41, 5.74) is 1.27. The maximum absolute atomic E-state index is 12.7. The summed E-state index contributed by atoms with van der Waals surface area (Å²) in [5, 5.41) is 10.6. The lowest BCUT2D eigenvalue weighted by molar-refractivity contribution is -0.140. The van der Waals surface area contributed by atoms with Gasteiger partial charge in [-0.1, -0.05) is 12.1 Å². The largest absolute Gasteiger partial charge is 0.502 e. The molecule has 3 aromatic rings. The van der Waals surface area contributed by atoms with E-state index in [1.54, 1.807) is 38.5 Å². The van der Waals surface area contributed by atoms with Gasteiger partial charge in [-0.3, -0.25) is 14.5 Å². The highest BCUT2D eigenvalue weighted by Crippen LogP contribution is 2.34. The van der Waals surface area contributed by atoms with Crippen molar-refractivity contribution in [2.75, 3.05) is 52.4 Å². The minimum absolute atomic E-state index is 0.0509. The smallest absolute Gasteiger partial charge is 0.306 e. The maximum atomic E-state index is 12.7. The number of ether oxygens (including phenoxy) is 3. The molecular formula is C28H32N2O7. The van der Waals surface area contributed by atoms with Crippen molar-refractivity contribution in [2.24, 2.45) is 0 Å². The number of piperazine rings is 1. The summed E-state index contributed by atoms with van der Waals surface area (Å²) in [6.45, 7) is 3.59. The molecule has 2 heterocycles. The Bertz CT molecular complexity index is 1250. The summed E-state index contributed by atoms with van der Waals surface area (Å²) in [5.74, 6) is 0.266. The fourth-order valence-electron chi connectivity index (χ4n) is 4.49. The van der Waals surface area contributed by atoms with Crippen molar-refractivity contribution < 1.29 is 28.5 Å². The second-order valence-corrected chi connectivity index (χ2v) is 8.86.